The third kappa shape index (κ3) is 3.61. The van der Waals surface area contributed by atoms with Crippen molar-refractivity contribution in [3.63, 3.8) is 0 Å². The molecule has 0 saturated heterocycles. The van der Waals surface area contributed by atoms with Gasteiger partial charge in [-0.05, 0) is 36.1 Å². The molecule has 1 aromatic carbocycles. The molecule has 1 aromatic rings. The molecule has 114 valence electrons. The van der Waals surface area contributed by atoms with Crippen molar-refractivity contribution in [2.75, 3.05) is 16.8 Å². The number of rotatable bonds is 4. The maximum atomic E-state index is 11.9. The first-order valence-corrected chi connectivity index (χ1v) is 7.27. The van der Waals surface area contributed by atoms with Crippen LogP contribution in [0.2, 0.25) is 0 Å². The van der Waals surface area contributed by atoms with Crippen LogP contribution in [0.4, 0.5) is 11.4 Å². The van der Waals surface area contributed by atoms with Crippen LogP contribution in [0, 0.1) is 5.92 Å². The Morgan fingerprint density at radius 2 is 2.10 bits per heavy atom. The molecule has 1 aliphatic rings. The lowest BCUT2D eigenvalue weighted by Crippen LogP contribution is -2.25. The Labute approximate surface area is 125 Å². The monoisotopic (exact) mass is 290 g/mol. The summed E-state index contributed by atoms with van der Waals surface area (Å²) in [4.78, 5) is 25.1. The third-order valence-corrected chi connectivity index (χ3v) is 3.80. The summed E-state index contributed by atoms with van der Waals surface area (Å²) in [7, 11) is 0. The van der Waals surface area contributed by atoms with Crippen molar-refractivity contribution >= 4 is 23.2 Å². The van der Waals surface area contributed by atoms with E-state index in [4.69, 9.17) is 0 Å². The number of aliphatic hydroxyl groups excluding tert-OH is 1. The van der Waals surface area contributed by atoms with Gasteiger partial charge in [-0.3, -0.25) is 9.59 Å². The summed E-state index contributed by atoms with van der Waals surface area (Å²) in [6, 6.07) is 5.55. The minimum Gasteiger partial charge on any atom is -0.392 e. The first-order chi connectivity index (χ1) is 9.88. The van der Waals surface area contributed by atoms with E-state index in [0.29, 0.717) is 12.2 Å². The summed E-state index contributed by atoms with van der Waals surface area (Å²) < 4.78 is 0. The highest BCUT2D eigenvalue weighted by Gasteiger charge is 2.22. The van der Waals surface area contributed by atoms with Gasteiger partial charge in [0.05, 0.1) is 12.5 Å². The van der Waals surface area contributed by atoms with E-state index in [1.54, 1.807) is 17.9 Å². The van der Waals surface area contributed by atoms with Crippen molar-refractivity contribution in [1.82, 2.24) is 0 Å². The molecule has 1 aliphatic heterocycles. The zero-order valence-corrected chi connectivity index (χ0v) is 12.7. The molecule has 2 rings (SSSR count). The quantitative estimate of drug-likeness (QED) is 0.890. The van der Waals surface area contributed by atoms with E-state index >= 15 is 0 Å². The number of anilines is 2. The highest BCUT2D eigenvalue weighted by Crippen LogP contribution is 2.30. The van der Waals surface area contributed by atoms with Crippen LogP contribution in [-0.2, 0) is 16.0 Å². The smallest absolute Gasteiger partial charge is 0.226 e. The second-order valence-electron chi connectivity index (χ2n) is 5.83. The van der Waals surface area contributed by atoms with Gasteiger partial charge in [0.15, 0.2) is 0 Å². The highest BCUT2D eigenvalue weighted by molar-refractivity contribution is 5.95. The molecule has 2 amide bonds. The van der Waals surface area contributed by atoms with Crippen molar-refractivity contribution in [3.05, 3.63) is 23.8 Å². The summed E-state index contributed by atoms with van der Waals surface area (Å²) in [5.41, 5.74) is 2.69. The molecule has 1 heterocycles. The zero-order valence-electron chi connectivity index (χ0n) is 12.7. The number of hydrogen-bond donors (Lipinski definition) is 2. The number of carbonyl (C=O) groups is 2. The van der Waals surface area contributed by atoms with Crippen LogP contribution in [0.15, 0.2) is 18.2 Å². The molecular formula is C16H22N2O3. The molecule has 0 spiro atoms. The van der Waals surface area contributed by atoms with Crippen LogP contribution < -0.4 is 10.2 Å². The van der Waals surface area contributed by atoms with Crippen molar-refractivity contribution in [1.29, 1.82) is 0 Å². The predicted octanol–water partition coefficient (Wildman–Crippen LogP) is 1.94. The van der Waals surface area contributed by atoms with Crippen molar-refractivity contribution in [2.45, 2.75) is 39.7 Å². The van der Waals surface area contributed by atoms with Crippen LogP contribution in [0.25, 0.3) is 0 Å². The Bertz CT molecular complexity index is 554. The Balaban J connectivity index is 2.03. The maximum Gasteiger partial charge on any atom is 0.226 e. The Morgan fingerprint density at radius 1 is 1.38 bits per heavy atom. The molecule has 0 bridgehead atoms. The number of nitrogens with one attached hydrogen (secondary N) is 1. The Hall–Kier alpha value is -1.88. The standard InChI is InChI=1S/C16H22N2O3/c1-10(2)15(20)9-16(21)17-13-4-5-14-12(8-13)6-7-18(14)11(3)19/h4-5,8,10,15,20H,6-7,9H2,1-3H3,(H,17,21). The fourth-order valence-corrected chi connectivity index (χ4v) is 2.44. The zero-order chi connectivity index (χ0) is 15.6. The molecule has 0 saturated carbocycles. The first kappa shape index (κ1) is 15.5. The van der Waals surface area contributed by atoms with E-state index in [1.165, 1.54) is 0 Å². The molecule has 0 radical (unpaired) electrons. The molecule has 2 N–H and O–H groups in total. The Kier molecular flexibility index (Phi) is 4.63. The summed E-state index contributed by atoms with van der Waals surface area (Å²) in [5, 5.41) is 12.5. The predicted molar refractivity (Wildman–Crippen MR) is 82.3 cm³/mol. The maximum absolute atomic E-state index is 11.9. The molecule has 5 nitrogen and oxygen atoms in total. The summed E-state index contributed by atoms with van der Waals surface area (Å²) in [5.74, 6) is -0.108. The average molecular weight is 290 g/mol. The minimum absolute atomic E-state index is 0.0330. The van der Waals surface area contributed by atoms with Gasteiger partial charge in [0.2, 0.25) is 11.8 Å². The van der Waals surface area contributed by atoms with Crippen LogP contribution in [-0.4, -0.2) is 29.6 Å². The van der Waals surface area contributed by atoms with E-state index in [9.17, 15) is 14.7 Å². The van der Waals surface area contributed by atoms with Gasteiger partial charge in [-0.15, -0.1) is 0 Å². The molecular weight excluding hydrogens is 268 g/mol. The molecule has 0 aliphatic carbocycles. The number of carbonyl (C=O) groups excluding carboxylic acids is 2. The van der Waals surface area contributed by atoms with Gasteiger partial charge in [-0.1, -0.05) is 13.8 Å². The normalized spacial score (nSPS) is 15.0. The van der Waals surface area contributed by atoms with Crippen LogP contribution in [0.1, 0.15) is 32.8 Å². The van der Waals surface area contributed by atoms with E-state index < -0.39 is 6.10 Å². The van der Waals surface area contributed by atoms with Gasteiger partial charge >= 0.3 is 0 Å². The fraction of sp³-hybridized carbons (Fsp3) is 0.500. The second-order valence-corrected chi connectivity index (χ2v) is 5.83. The van der Waals surface area contributed by atoms with Crippen LogP contribution >= 0.6 is 0 Å². The van der Waals surface area contributed by atoms with Gasteiger partial charge in [-0.25, -0.2) is 0 Å². The number of amides is 2. The van der Waals surface area contributed by atoms with Gasteiger partial charge in [-0.2, -0.15) is 0 Å². The third-order valence-electron chi connectivity index (χ3n) is 3.80. The minimum atomic E-state index is -0.632. The van der Waals surface area contributed by atoms with Gasteiger partial charge < -0.3 is 15.3 Å². The summed E-state index contributed by atoms with van der Waals surface area (Å²) in [6.07, 6.45) is 0.259. The lowest BCUT2D eigenvalue weighted by Gasteiger charge is -2.16. The van der Waals surface area contributed by atoms with Crippen molar-refractivity contribution in [2.24, 2.45) is 5.92 Å². The van der Waals surface area contributed by atoms with Crippen molar-refractivity contribution in [3.8, 4) is 0 Å². The first-order valence-electron chi connectivity index (χ1n) is 7.27. The number of benzene rings is 1. The topological polar surface area (TPSA) is 69.6 Å². The molecule has 1 atom stereocenters. The molecule has 5 heteroatoms. The summed E-state index contributed by atoms with van der Waals surface area (Å²) in [6.45, 7) is 6.00. The molecule has 1 unspecified atom stereocenters. The number of fused-ring (bicyclic) bond motifs is 1. The Morgan fingerprint density at radius 3 is 2.71 bits per heavy atom. The lowest BCUT2D eigenvalue weighted by molar-refractivity contribution is -0.118. The lowest BCUT2D eigenvalue weighted by atomic mass is 10.0. The highest BCUT2D eigenvalue weighted by atomic mass is 16.3. The van der Waals surface area contributed by atoms with E-state index in [-0.39, 0.29) is 24.2 Å². The van der Waals surface area contributed by atoms with E-state index in [2.05, 4.69) is 5.32 Å². The average Bonchev–Trinajstić information content (AvgIpc) is 2.81. The van der Waals surface area contributed by atoms with Crippen LogP contribution in [0.3, 0.4) is 0 Å². The van der Waals surface area contributed by atoms with Crippen LogP contribution in [0.5, 0.6) is 0 Å². The van der Waals surface area contributed by atoms with E-state index in [0.717, 1.165) is 17.7 Å². The molecule has 0 fully saturated rings. The molecule has 0 aromatic heterocycles. The molecule has 21 heavy (non-hydrogen) atoms. The van der Waals surface area contributed by atoms with Gasteiger partial charge in [0.1, 0.15) is 0 Å². The fourth-order valence-electron chi connectivity index (χ4n) is 2.44. The SMILES string of the molecule is CC(=O)N1CCc2cc(NC(=O)CC(O)C(C)C)ccc21. The number of nitrogens with zero attached hydrogens (tertiary/aromatic N) is 1. The van der Waals surface area contributed by atoms with E-state index in [1.807, 2.05) is 26.0 Å². The number of aliphatic hydroxyl groups is 1. The largest absolute Gasteiger partial charge is 0.392 e. The second kappa shape index (κ2) is 6.26. The van der Waals surface area contributed by atoms with Gasteiger partial charge in [0.25, 0.3) is 0 Å². The summed E-state index contributed by atoms with van der Waals surface area (Å²) >= 11 is 0. The van der Waals surface area contributed by atoms with Crippen molar-refractivity contribution < 1.29 is 14.7 Å². The number of hydrogen-bond acceptors (Lipinski definition) is 3. The van der Waals surface area contributed by atoms with Gasteiger partial charge in [0, 0.05) is 24.8 Å².